The molecule has 0 saturated carbocycles. The first-order chi connectivity index (χ1) is 9.50. The quantitative estimate of drug-likeness (QED) is 0.860. The number of ether oxygens (including phenoxy) is 1. The molecule has 1 saturated heterocycles. The van der Waals surface area contributed by atoms with Gasteiger partial charge in [0, 0.05) is 44.0 Å². The Morgan fingerprint density at radius 3 is 2.70 bits per heavy atom. The second-order valence-electron chi connectivity index (χ2n) is 6.40. The summed E-state index contributed by atoms with van der Waals surface area (Å²) in [7, 11) is 0. The molecule has 0 radical (unpaired) electrons. The van der Waals surface area contributed by atoms with Gasteiger partial charge in [0.25, 0.3) is 0 Å². The summed E-state index contributed by atoms with van der Waals surface area (Å²) in [6, 6.07) is 0.460. The van der Waals surface area contributed by atoms with Crippen LogP contribution in [0.3, 0.4) is 0 Å². The van der Waals surface area contributed by atoms with Crippen molar-refractivity contribution >= 4 is 0 Å². The van der Waals surface area contributed by atoms with Gasteiger partial charge in [0.2, 0.25) is 0 Å². The number of imidazole rings is 1. The molecule has 5 heteroatoms. The zero-order chi connectivity index (χ0) is 14.6. The lowest BCUT2D eigenvalue weighted by molar-refractivity contribution is -0.00970. The van der Waals surface area contributed by atoms with E-state index in [1.807, 2.05) is 12.5 Å². The highest BCUT2D eigenvalue weighted by Crippen LogP contribution is 2.15. The summed E-state index contributed by atoms with van der Waals surface area (Å²) in [6.45, 7) is 14.5. The first kappa shape index (κ1) is 15.5. The molecule has 0 aromatic carbocycles. The topological polar surface area (TPSA) is 42.3 Å². The van der Waals surface area contributed by atoms with E-state index in [4.69, 9.17) is 4.74 Å². The number of hydrogen-bond acceptors (Lipinski definition) is 4. The van der Waals surface area contributed by atoms with Gasteiger partial charge in [-0.25, -0.2) is 4.98 Å². The van der Waals surface area contributed by atoms with Crippen LogP contribution < -0.4 is 5.32 Å². The van der Waals surface area contributed by atoms with Crippen molar-refractivity contribution in [3.63, 3.8) is 0 Å². The van der Waals surface area contributed by atoms with Crippen molar-refractivity contribution < 1.29 is 4.74 Å². The van der Waals surface area contributed by atoms with Crippen LogP contribution in [0.15, 0.2) is 12.5 Å². The molecule has 1 aliphatic heterocycles. The maximum Gasteiger partial charge on any atom is 0.0951 e. The van der Waals surface area contributed by atoms with Gasteiger partial charge in [-0.05, 0) is 27.7 Å². The second kappa shape index (κ2) is 6.70. The minimum Gasteiger partial charge on any atom is -0.379 e. The van der Waals surface area contributed by atoms with Crippen molar-refractivity contribution in [2.75, 3.05) is 32.8 Å². The first-order valence-corrected chi connectivity index (χ1v) is 7.55. The predicted molar refractivity (Wildman–Crippen MR) is 80.8 cm³/mol. The third kappa shape index (κ3) is 3.81. The fraction of sp³-hybridized carbons (Fsp3) is 0.800. The van der Waals surface area contributed by atoms with Crippen molar-refractivity contribution in [3.8, 4) is 0 Å². The van der Waals surface area contributed by atoms with Gasteiger partial charge in [0.1, 0.15) is 0 Å². The molecule has 114 valence electrons. The Kier molecular flexibility index (Phi) is 5.18. The minimum absolute atomic E-state index is 0.159. The highest BCUT2D eigenvalue weighted by atomic mass is 16.5. The second-order valence-corrected chi connectivity index (χ2v) is 6.40. The number of morpholine rings is 1. The Labute approximate surface area is 122 Å². The fourth-order valence-corrected chi connectivity index (χ4v) is 2.71. The highest BCUT2D eigenvalue weighted by molar-refractivity contribution is 5.00. The zero-order valence-electron chi connectivity index (χ0n) is 13.2. The lowest BCUT2D eigenvalue weighted by Gasteiger charge is -2.41. The molecule has 20 heavy (non-hydrogen) atoms. The molecule has 1 aliphatic rings. The van der Waals surface area contributed by atoms with E-state index in [1.54, 1.807) is 0 Å². The van der Waals surface area contributed by atoms with E-state index in [0.29, 0.717) is 6.04 Å². The van der Waals surface area contributed by atoms with Crippen LogP contribution >= 0.6 is 0 Å². The largest absolute Gasteiger partial charge is 0.379 e. The number of rotatable bonds is 6. The average molecular weight is 280 g/mol. The Balaban J connectivity index is 1.83. The third-order valence-corrected chi connectivity index (χ3v) is 4.03. The summed E-state index contributed by atoms with van der Waals surface area (Å²) in [6.07, 6.45) is 3.86. The van der Waals surface area contributed by atoms with Gasteiger partial charge in [-0.2, -0.15) is 0 Å². The van der Waals surface area contributed by atoms with Crippen LogP contribution in [0.4, 0.5) is 0 Å². The standard InChI is InChI=1S/C15H28N4O/c1-13(2)19-12-17-10-14(19)9-16-11-15(3,4)18-5-7-20-8-6-18/h10,12-13,16H,5-9,11H2,1-4H3. The molecule has 1 aromatic rings. The van der Waals surface area contributed by atoms with E-state index in [9.17, 15) is 0 Å². The van der Waals surface area contributed by atoms with Crippen LogP contribution in [-0.2, 0) is 11.3 Å². The molecular weight excluding hydrogens is 252 g/mol. The van der Waals surface area contributed by atoms with Crippen molar-refractivity contribution in [1.82, 2.24) is 19.8 Å². The Bertz CT molecular complexity index is 408. The van der Waals surface area contributed by atoms with Crippen LogP contribution in [0.25, 0.3) is 0 Å². The van der Waals surface area contributed by atoms with Crippen LogP contribution in [0, 0.1) is 0 Å². The molecule has 0 bridgehead atoms. The minimum atomic E-state index is 0.159. The summed E-state index contributed by atoms with van der Waals surface area (Å²) < 4.78 is 7.64. The van der Waals surface area contributed by atoms with E-state index in [0.717, 1.165) is 39.4 Å². The SMILES string of the molecule is CC(C)n1cncc1CNCC(C)(C)N1CCOCC1. The van der Waals surface area contributed by atoms with E-state index < -0.39 is 0 Å². The number of hydrogen-bond donors (Lipinski definition) is 1. The van der Waals surface area contributed by atoms with E-state index >= 15 is 0 Å². The fourth-order valence-electron chi connectivity index (χ4n) is 2.71. The Morgan fingerprint density at radius 1 is 1.35 bits per heavy atom. The number of nitrogens with one attached hydrogen (secondary N) is 1. The first-order valence-electron chi connectivity index (χ1n) is 7.55. The lowest BCUT2D eigenvalue weighted by atomic mass is 10.0. The van der Waals surface area contributed by atoms with Crippen molar-refractivity contribution in [3.05, 3.63) is 18.2 Å². The van der Waals surface area contributed by atoms with Gasteiger partial charge in [0.05, 0.1) is 25.2 Å². The van der Waals surface area contributed by atoms with Crippen LogP contribution in [0.5, 0.6) is 0 Å². The van der Waals surface area contributed by atoms with Gasteiger partial charge in [0.15, 0.2) is 0 Å². The molecule has 0 unspecified atom stereocenters. The maximum absolute atomic E-state index is 5.43. The molecule has 0 atom stereocenters. The van der Waals surface area contributed by atoms with Gasteiger partial charge >= 0.3 is 0 Å². The van der Waals surface area contributed by atoms with Crippen LogP contribution in [-0.4, -0.2) is 52.8 Å². The third-order valence-electron chi connectivity index (χ3n) is 4.03. The average Bonchev–Trinajstić information content (AvgIpc) is 2.88. The molecule has 2 heterocycles. The van der Waals surface area contributed by atoms with Crippen LogP contribution in [0.1, 0.15) is 39.4 Å². The lowest BCUT2D eigenvalue weighted by Crippen LogP contribution is -2.54. The normalized spacial score (nSPS) is 17.9. The van der Waals surface area contributed by atoms with Crippen molar-refractivity contribution in [1.29, 1.82) is 0 Å². The van der Waals surface area contributed by atoms with Gasteiger partial charge < -0.3 is 14.6 Å². The maximum atomic E-state index is 5.43. The van der Waals surface area contributed by atoms with E-state index in [1.165, 1.54) is 5.69 Å². The molecular formula is C15H28N4O. The summed E-state index contributed by atoms with van der Waals surface area (Å²) in [5, 5.41) is 3.58. The smallest absolute Gasteiger partial charge is 0.0951 e. The summed E-state index contributed by atoms with van der Waals surface area (Å²) >= 11 is 0. The summed E-state index contributed by atoms with van der Waals surface area (Å²) in [4.78, 5) is 6.75. The van der Waals surface area contributed by atoms with Crippen molar-refractivity contribution in [2.24, 2.45) is 0 Å². The molecule has 1 aromatic heterocycles. The molecule has 0 amide bonds. The van der Waals surface area contributed by atoms with E-state index in [2.05, 4.69) is 47.5 Å². The van der Waals surface area contributed by atoms with Crippen molar-refractivity contribution in [2.45, 2.75) is 45.8 Å². The highest BCUT2D eigenvalue weighted by Gasteiger charge is 2.27. The monoisotopic (exact) mass is 280 g/mol. The van der Waals surface area contributed by atoms with Gasteiger partial charge in [-0.3, -0.25) is 4.90 Å². The van der Waals surface area contributed by atoms with Gasteiger partial charge in [-0.1, -0.05) is 0 Å². The summed E-state index contributed by atoms with van der Waals surface area (Å²) in [5.74, 6) is 0. The molecule has 2 rings (SSSR count). The Hall–Kier alpha value is -0.910. The number of nitrogens with zero attached hydrogens (tertiary/aromatic N) is 3. The molecule has 0 aliphatic carbocycles. The molecule has 5 nitrogen and oxygen atoms in total. The molecule has 1 N–H and O–H groups in total. The molecule has 0 spiro atoms. The number of aromatic nitrogens is 2. The van der Waals surface area contributed by atoms with Crippen LogP contribution in [0.2, 0.25) is 0 Å². The summed E-state index contributed by atoms with van der Waals surface area (Å²) in [5.41, 5.74) is 1.41. The predicted octanol–water partition coefficient (Wildman–Crippen LogP) is 1.66. The Morgan fingerprint density at radius 2 is 2.05 bits per heavy atom. The van der Waals surface area contributed by atoms with E-state index in [-0.39, 0.29) is 5.54 Å². The zero-order valence-corrected chi connectivity index (χ0v) is 13.2. The van der Waals surface area contributed by atoms with Gasteiger partial charge in [-0.15, -0.1) is 0 Å². The molecule has 1 fully saturated rings.